The van der Waals surface area contributed by atoms with E-state index >= 15 is 0 Å². The third-order valence-corrected chi connectivity index (χ3v) is 4.88. The maximum Gasteiger partial charge on any atom is 0.335 e. The zero-order valence-electron chi connectivity index (χ0n) is 16.1. The summed E-state index contributed by atoms with van der Waals surface area (Å²) >= 11 is 0. The second-order valence-electron chi connectivity index (χ2n) is 6.67. The van der Waals surface area contributed by atoms with Gasteiger partial charge in [0.2, 0.25) is 6.79 Å². The van der Waals surface area contributed by atoms with Gasteiger partial charge in [-0.15, -0.1) is 0 Å². The zero-order chi connectivity index (χ0) is 20.7. The number of urea groups is 1. The number of anilines is 1. The number of aryl methyl sites for hydroxylation is 2. The van der Waals surface area contributed by atoms with Gasteiger partial charge in [-0.3, -0.25) is 14.9 Å². The molecule has 0 atom stereocenters. The fourth-order valence-corrected chi connectivity index (χ4v) is 3.14. The van der Waals surface area contributed by atoms with Crippen LogP contribution in [0, 0.1) is 13.8 Å². The molecule has 8 nitrogen and oxygen atoms in total. The lowest BCUT2D eigenvalue weighted by Gasteiger charge is -2.27. The van der Waals surface area contributed by atoms with E-state index in [2.05, 4.69) is 5.32 Å². The SMILES string of the molecule is COc1cc2c(cc1/C=C1\C(=O)NC(=O)N(c3ccc(C)c(C)c3)C1=O)OCO2. The molecule has 0 aliphatic carbocycles. The van der Waals surface area contributed by atoms with E-state index in [9.17, 15) is 14.4 Å². The molecule has 2 aliphatic rings. The van der Waals surface area contributed by atoms with Gasteiger partial charge in [0.15, 0.2) is 11.5 Å². The number of rotatable bonds is 3. The summed E-state index contributed by atoms with van der Waals surface area (Å²) in [5, 5.41) is 2.21. The van der Waals surface area contributed by atoms with Crippen molar-refractivity contribution in [2.24, 2.45) is 0 Å². The number of benzene rings is 2. The molecule has 29 heavy (non-hydrogen) atoms. The highest BCUT2D eigenvalue weighted by atomic mass is 16.7. The molecule has 2 aliphatic heterocycles. The van der Waals surface area contributed by atoms with Crippen LogP contribution in [0.3, 0.4) is 0 Å². The topological polar surface area (TPSA) is 94.2 Å². The minimum absolute atomic E-state index is 0.0764. The second kappa shape index (κ2) is 6.97. The highest BCUT2D eigenvalue weighted by molar-refractivity contribution is 6.39. The van der Waals surface area contributed by atoms with Gasteiger partial charge in [0.25, 0.3) is 11.8 Å². The summed E-state index contributed by atoms with van der Waals surface area (Å²) in [5.74, 6) is -0.114. The number of hydrogen-bond acceptors (Lipinski definition) is 6. The molecule has 4 rings (SSSR count). The molecule has 8 heteroatoms. The lowest BCUT2D eigenvalue weighted by molar-refractivity contribution is -0.122. The first kappa shape index (κ1) is 18.5. The lowest BCUT2D eigenvalue weighted by atomic mass is 10.0. The van der Waals surface area contributed by atoms with E-state index in [1.54, 1.807) is 24.3 Å². The molecule has 0 aromatic heterocycles. The summed E-state index contributed by atoms with van der Waals surface area (Å²) in [4.78, 5) is 38.8. The van der Waals surface area contributed by atoms with E-state index < -0.39 is 17.8 Å². The van der Waals surface area contributed by atoms with Crippen LogP contribution in [-0.2, 0) is 9.59 Å². The van der Waals surface area contributed by atoms with Crippen molar-refractivity contribution >= 4 is 29.6 Å². The molecule has 2 aromatic carbocycles. The maximum absolute atomic E-state index is 13.1. The van der Waals surface area contributed by atoms with Gasteiger partial charge in [-0.1, -0.05) is 6.07 Å². The third kappa shape index (κ3) is 3.18. The summed E-state index contributed by atoms with van der Waals surface area (Å²) in [7, 11) is 1.47. The molecule has 0 radical (unpaired) electrons. The predicted octanol–water partition coefficient (Wildman–Crippen LogP) is 2.71. The molecule has 4 amide bonds. The van der Waals surface area contributed by atoms with E-state index in [0.29, 0.717) is 28.5 Å². The third-order valence-electron chi connectivity index (χ3n) is 4.88. The van der Waals surface area contributed by atoms with Crippen LogP contribution in [0.15, 0.2) is 35.9 Å². The number of fused-ring (bicyclic) bond motifs is 1. The number of carbonyl (C=O) groups excluding carboxylic acids is 3. The maximum atomic E-state index is 13.1. The summed E-state index contributed by atoms with van der Waals surface area (Å²) in [6, 6.07) is 7.64. The highest BCUT2D eigenvalue weighted by Crippen LogP contribution is 2.39. The van der Waals surface area contributed by atoms with Crippen LogP contribution in [0.25, 0.3) is 6.08 Å². The van der Waals surface area contributed by atoms with E-state index in [0.717, 1.165) is 16.0 Å². The fraction of sp³-hybridized carbons (Fsp3) is 0.190. The van der Waals surface area contributed by atoms with Crippen molar-refractivity contribution in [3.8, 4) is 17.2 Å². The standard InChI is InChI=1S/C21H18N2O6/c1-11-4-5-14(6-12(11)2)23-20(25)15(19(24)22-21(23)26)7-13-8-17-18(29-10-28-17)9-16(13)27-3/h4-9H,10H2,1-3H3,(H,22,24,26)/b15-7+. The molecule has 1 N–H and O–H groups in total. The molecular formula is C21H18N2O6. The fourth-order valence-electron chi connectivity index (χ4n) is 3.14. The van der Waals surface area contributed by atoms with Gasteiger partial charge in [0.05, 0.1) is 12.8 Å². The molecular weight excluding hydrogens is 376 g/mol. The number of carbonyl (C=O) groups is 3. The molecule has 0 saturated carbocycles. The van der Waals surface area contributed by atoms with Gasteiger partial charge in [0, 0.05) is 11.6 Å². The number of methoxy groups -OCH3 is 1. The quantitative estimate of drug-likeness (QED) is 0.635. The molecule has 1 fully saturated rings. The zero-order valence-corrected chi connectivity index (χ0v) is 16.1. The van der Waals surface area contributed by atoms with Gasteiger partial charge >= 0.3 is 6.03 Å². The van der Waals surface area contributed by atoms with Crippen molar-refractivity contribution in [3.05, 3.63) is 52.6 Å². The van der Waals surface area contributed by atoms with Gasteiger partial charge in [-0.2, -0.15) is 0 Å². The van der Waals surface area contributed by atoms with E-state index in [1.165, 1.54) is 13.2 Å². The Balaban J connectivity index is 1.77. The van der Waals surface area contributed by atoms with Gasteiger partial charge < -0.3 is 14.2 Å². The highest BCUT2D eigenvalue weighted by Gasteiger charge is 2.37. The van der Waals surface area contributed by atoms with Crippen LogP contribution in [0.5, 0.6) is 17.2 Å². The monoisotopic (exact) mass is 394 g/mol. The average Bonchev–Trinajstić information content (AvgIpc) is 3.14. The van der Waals surface area contributed by atoms with E-state index in [1.807, 2.05) is 19.9 Å². The van der Waals surface area contributed by atoms with Crippen molar-refractivity contribution < 1.29 is 28.6 Å². The Bertz CT molecular complexity index is 1090. The van der Waals surface area contributed by atoms with Crippen molar-refractivity contribution in [1.29, 1.82) is 0 Å². The number of nitrogens with zero attached hydrogens (tertiary/aromatic N) is 1. The van der Waals surface area contributed by atoms with E-state index in [-0.39, 0.29) is 12.4 Å². The normalized spacial score (nSPS) is 17.0. The minimum atomic E-state index is -0.793. The number of barbiturate groups is 1. The first-order valence-corrected chi connectivity index (χ1v) is 8.85. The summed E-state index contributed by atoms with van der Waals surface area (Å²) in [6.45, 7) is 3.88. The summed E-state index contributed by atoms with van der Waals surface area (Å²) in [6.07, 6.45) is 1.37. The Morgan fingerprint density at radius 1 is 1.03 bits per heavy atom. The Labute approximate surface area is 166 Å². The Morgan fingerprint density at radius 3 is 2.45 bits per heavy atom. The molecule has 1 saturated heterocycles. The number of imide groups is 2. The average molecular weight is 394 g/mol. The van der Waals surface area contributed by atoms with Crippen molar-refractivity contribution in [1.82, 2.24) is 5.32 Å². The van der Waals surface area contributed by atoms with E-state index in [4.69, 9.17) is 14.2 Å². The first-order chi connectivity index (χ1) is 13.9. The largest absolute Gasteiger partial charge is 0.496 e. The molecule has 2 aromatic rings. The van der Waals surface area contributed by atoms with Crippen LogP contribution < -0.4 is 24.4 Å². The van der Waals surface area contributed by atoms with Crippen molar-refractivity contribution in [3.63, 3.8) is 0 Å². The molecule has 0 bridgehead atoms. The van der Waals surface area contributed by atoms with Crippen LogP contribution in [0.1, 0.15) is 16.7 Å². The predicted molar refractivity (Wildman–Crippen MR) is 104 cm³/mol. The number of amides is 4. The number of nitrogens with one attached hydrogen (secondary N) is 1. The van der Waals surface area contributed by atoms with Crippen LogP contribution in [0.4, 0.5) is 10.5 Å². The number of ether oxygens (including phenoxy) is 3. The minimum Gasteiger partial charge on any atom is -0.496 e. The smallest absolute Gasteiger partial charge is 0.335 e. The molecule has 0 spiro atoms. The molecule has 0 unspecified atom stereocenters. The molecule has 2 heterocycles. The number of hydrogen-bond donors (Lipinski definition) is 1. The Kier molecular flexibility index (Phi) is 4.46. The van der Waals surface area contributed by atoms with Crippen LogP contribution >= 0.6 is 0 Å². The van der Waals surface area contributed by atoms with Gasteiger partial charge in [0.1, 0.15) is 11.3 Å². The molecule has 148 valence electrons. The Morgan fingerprint density at radius 2 is 1.76 bits per heavy atom. The van der Waals surface area contributed by atoms with Gasteiger partial charge in [-0.05, 0) is 49.2 Å². The Hall–Kier alpha value is -3.81. The summed E-state index contributed by atoms with van der Waals surface area (Å²) < 4.78 is 16.0. The lowest BCUT2D eigenvalue weighted by Crippen LogP contribution is -2.54. The van der Waals surface area contributed by atoms with Gasteiger partial charge in [-0.25, -0.2) is 9.69 Å². The van der Waals surface area contributed by atoms with Crippen molar-refractivity contribution in [2.45, 2.75) is 13.8 Å². The second-order valence-corrected chi connectivity index (χ2v) is 6.67. The first-order valence-electron chi connectivity index (χ1n) is 8.85. The van der Waals surface area contributed by atoms with Crippen LogP contribution in [-0.4, -0.2) is 31.7 Å². The van der Waals surface area contributed by atoms with Crippen molar-refractivity contribution in [2.75, 3.05) is 18.8 Å². The summed E-state index contributed by atoms with van der Waals surface area (Å²) in [5.41, 5.74) is 2.58. The van der Waals surface area contributed by atoms with Crippen LogP contribution in [0.2, 0.25) is 0 Å².